The van der Waals surface area contributed by atoms with E-state index in [4.69, 9.17) is 0 Å². The lowest BCUT2D eigenvalue weighted by molar-refractivity contribution is -0.384. The maximum absolute atomic E-state index is 11.0. The first-order valence-electron chi connectivity index (χ1n) is 4.41. The Balaban J connectivity index is 2.20. The zero-order valence-electron chi connectivity index (χ0n) is 8.07. The van der Waals surface area contributed by atoms with Gasteiger partial charge in [-0.1, -0.05) is 12.1 Å². The Bertz CT molecular complexity index is 555. The van der Waals surface area contributed by atoms with Crippen molar-refractivity contribution in [3.63, 3.8) is 0 Å². The summed E-state index contributed by atoms with van der Waals surface area (Å²) in [5.74, 6) is -0.557. The number of hydrogen-bond acceptors (Lipinski definition) is 5. The van der Waals surface area contributed by atoms with Crippen LogP contribution in [0.4, 0.5) is 5.69 Å². The summed E-state index contributed by atoms with van der Waals surface area (Å²) in [5.41, 5.74) is 0.748. The molecular formula is C9H7N3O4. The van der Waals surface area contributed by atoms with Crippen LogP contribution in [0.15, 0.2) is 39.9 Å². The number of hydrogen-bond donors (Lipinski definition) is 0. The quantitative estimate of drug-likeness (QED) is 0.564. The van der Waals surface area contributed by atoms with Crippen LogP contribution < -0.4 is 5.76 Å². The molecule has 0 aliphatic carbocycles. The fraction of sp³-hybridized carbons (Fsp3) is 0.111. The molecule has 2 rings (SSSR count). The molecule has 0 spiro atoms. The third-order valence-electron chi connectivity index (χ3n) is 2.03. The molecule has 1 aromatic heterocycles. The van der Waals surface area contributed by atoms with E-state index in [-0.39, 0.29) is 12.2 Å². The molecule has 0 saturated heterocycles. The van der Waals surface area contributed by atoms with Crippen LogP contribution >= 0.6 is 0 Å². The highest BCUT2D eigenvalue weighted by Crippen LogP contribution is 2.11. The molecule has 1 aromatic carbocycles. The fourth-order valence-electron chi connectivity index (χ4n) is 1.23. The SMILES string of the molecule is O=c1ocnn1Cc1ccc([N+](=O)[O-])cc1. The van der Waals surface area contributed by atoms with Crippen molar-refractivity contribution in [2.45, 2.75) is 6.54 Å². The molecule has 16 heavy (non-hydrogen) atoms. The van der Waals surface area contributed by atoms with Crippen molar-refractivity contribution in [1.29, 1.82) is 0 Å². The van der Waals surface area contributed by atoms with E-state index >= 15 is 0 Å². The van der Waals surface area contributed by atoms with Gasteiger partial charge in [0.15, 0.2) is 0 Å². The van der Waals surface area contributed by atoms with Crippen LogP contribution in [0.2, 0.25) is 0 Å². The second kappa shape index (κ2) is 3.97. The van der Waals surface area contributed by atoms with Gasteiger partial charge in [0, 0.05) is 12.1 Å². The molecule has 7 nitrogen and oxygen atoms in total. The predicted octanol–water partition coefficient (Wildman–Crippen LogP) is 0.793. The zero-order valence-corrected chi connectivity index (χ0v) is 8.07. The average Bonchev–Trinajstić information content (AvgIpc) is 2.65. The highest BCUT2D eigenvalue weighted by molar-refractivity contribution is 5.32. The van der Waals surface area contributed by atoms with Crippen molar-refractivity contribution in [1.82, 2.24) is 9.78 Å². The van der Waals surface area contributed by atoms with Crippen LogP contribution in [0.3, 0.4) is 0 Å². The van der Waals surface area contributed by atoms with Gasteiger partial charge in [-0.15, -0.1) is 5.10 Å². The van der Waals surface area contributed by atoms with Crippen LogP contribution in [0.5, 0.6) is 0 Å². The maximum atomic E-state index is 11.0. The smallest absolute Gasteiger partial charge is 0.395 e. The van der Waals surface area contributed by atoms with E-state index in [0.29, 0.717) is 0 Å². The maximum Gasteiger partial charge on any atom is 0.437 e. The molecule has 0 bridgehead atoms. The minimum Gasteiger partial charge on any atom is -0.395 e. The van der Waals surface area contributed by atoms with E-state index in [9.17, 15) is 14.9 Å². The topological polar surface area (TPSA) is 91.2 Å². The second-order valence-electron chi connectivity index (χ2n) is 3.09. The van der Waals surface area contributed by atoms with Gasteiger partial charge in [-0.25, -0.2) is 4.79 Å². The summed E-state index contributed by atoms with van der Waals surface area (Å²) >= 11 is 0. The highest BCUT2D eigenvalue weighted by atomic mass is 16.6. The van der Waals surface area contributed by atoms with Crippen LogP contribution in [-0.2, 0) is 6.54 Å². The summed E-state index contributed by atoms with van der Waals surface area (Å²) in [6.45, 7) is 0.229. The van der Waals surface area contributed by atoms with E-state index in [2.05, 4.69) is 9.52 Å². The monoisotopic (exact) mass is 221 g/mol. The number of benzene rings is 1. The number of aromatic nitrogens is 2. The molecular weight excluding hydrogens is 214 g/mol. The van der Waals surface area contributed by atoms with E-state index in [0.717, 1.165) is 16.6 Å². The van der Waals surface area contributed by atoms with Crippen LogP contribution in [-0.4, -0.2) is 14.7 Å². The van der Waals surface area contributed by atoms with E-state index in [1.807, 2.05) is 0 Å². The number of nitro benzene ring substituents is 1. The van der Waals surface area contributed by atoms with Gasteiger partial charge >= 0.3 is 5.76 Å². The third kappa shape index (κ3) is 1.97. The summed E-state index contributed by atoms with van der Waals surface area (Å²) in [5, 5.41) is 14.1. The summed E-state index contributed by atoms with van der Waals surface area (Å²) in [4.78, 5) is 21.0. The molecule has 0 aliphatic heterocycles. The summed E-state index contributed by atoms with van der Waals surface area (Å²) in [6.07, 6.45) is 1.05. The molecule has 0 radical (unpaired) electrons. The van der Waals surface area contributed by atoms with Crippen molar-refractivity contribution in [2.75, 3.05) is 0 Å². The van der Waals surface area contributed by atoms with Gasteiger partial charge in [-0.05, 0) is 5.56 Å². The van der Waals surface area contributed by atoms with E-state index in [1.165, 1.54) is 12.1 Å². The normalized spacial score (nSPS) is 10.2. The van der Waals surface area contributed by atoms with Crippen molar-refractivity contribution in [3.05, 3.63) is 56.9 Å². The van der Waals surface area contributed by atoms with Crippen LogP contribution in [0, 0.1) is 10.1 Å². The van der Waals surface area contributed by atoms with E-state index in [1.54, 1.807) is 12.1 Å². The van der Waals surface area contributed by atoms with Crippen molar-refractivity contribution in [2.24, 2.45) is 0 Å². The standard InChI is InChI=1S/C9H7N3O4/c13-9-11(10-6-16-9)5-7-1-3-8(4-2-7)12(14)15/h1-4,6H,5H2. The molecule has 7 heteroatoms. The fourth-order valence-corrected chi connectivity index (χ4v) is 1.23. The Labute approximate surface area is 89.1 Å². The zero-order chi connectivity index (χ0) is 11.5. The lowest BCUT2D eigenvalue weighted by Crippen LogP contribution is -2.16. The van der Waals surface area contributed by atoms with Gasteiger partial charge < -0.3 is 4.42 Å². The van der Waals surface area contributed by atoms with Gasteiger partial charge in [0.25, 0.3) is 5.69 Å². The molecule has 1 heterocycles. The Kier molecular flexibility index (Phi) is 2.50. The van der Waals surface area contributed by atoms with Crippen LogP contribution in [0.1, 0.15) is 5.56 Å². The van der Waals surface area contributed by atoms with Crippen molar-refractivity contribution >= 4 is 5.69 Å². The van der Waals surface area contributed by atoms with Gasteiger partial charge in [0.1, 0.15) is 0 Å². The largest absolute Gasteiger partial charge is 0.437 e. The van der Waals surface area contributed by atoms with Crippen molar-refractivity contribution < 1.29 is 9.34 Å². The van der Waals surface area contributed by atoms with Gasteiger partial charge in [0.05, 0.1) is 11.5 Å². The summed E-state index contributed by atoms with van der Waals surface area (Å²) in [6, 6.07) is 5.89. The average molecular weight is 221 g/mol. The van der Waals surface area contributed by atoms with Gasteiger partial charge in [-0.2, -0.15) is 4.68 Å². The minimum absolute atomic E-state index is 0.0104. The number of nitro groups is 1. The molecule has 82 valence electrons. The molecule has 2 aromatic rings. The summed E-state index contributed by atoms with van der Waals surface area (Å²) < 4.78 is 5.61. The minimum atomic E-state index is -0.557. The van der Waals surface area contributed by atoms with E-state index < -0.39 is 10.7 Å². The van der Waals surface area contributed by atoms with Gasteiger partial charge in [-0.3, -0.25) is 10.1 Å². The molecule has 0 amide bonds. The predicted molar refractivity (Wildman–Crippen MR) is 53.0 cm³/mol. The molecule has 0 fully saturated rings. The molecule has 0 saturated carbocycles. The molecule has 0 unspecified atom stereocenters. The molecule has 0 atom stereocenters. The Morgan fingerprint density at radius 1 is 1.38 bits per heavy atom. The number of non-ortho nitro benzene ring substituents is 1. The molecule has 0 aliphatic rings. The number of rotatable bonds is 3. The Morgan fingerprint density at radius 3 is 2.56 bits per heavy atom. The van der Waals surface area contributed by atoms with Gasteiger partial charge in [0.2, 0.25) is 6.39 Å². The lowest BCUT2D eigenvalue weighted by atomic mass is 10.2. The highest BCUT2D eigenvalue weighted by Gasteiger charge is 2.05. The Hall–Kier alpha value is -2.44. The lowest BCUT2D eigenvalue weighted by Gasteiger charge is -1.98. The van der Waals surface area contributed by atoms with Crippen molar-refractivity contribution in [3.8, 4) is 0 Å². The summed E-state index contributed by atoms with van der Waals surface area (Å²) in [7, 11) is 0. The Morgan fingerprint density at radius 2 is 2.06 bits per heavy atom. The second-order valence-corrected chi connectivity index (χ2v) is 3.09. The molecule has 0 N–H and O–H groups in total. The first kappa shape index (κ1) is 10.1. The first-order valence-corrected chi connectivity index (χ1v) is 4.41. The third-order valence-corrected chi connectivity index (χ3v) is 2.03. The van der Waals surface area contributed by atoms with Crippen LogP contribution in [0.25, 0.3) is 0 Å². The number of nitrogens with zero attached hydrogens (tertiary/aromatic N) is 3. The first-order chi connectivity index (χ1) is 7.66.